The highest BCUT2D eigenvalue weighted by Crippen LogP contribution is 2.42. The third kappa shape index (κ3) is 2.37. The molecular weight excluding hydrogens is 298 g/mol. The molecule has 0 radical (unpaired) electrons. The minimum atomic E-state index is -0.237. The number of fused-ring (bicyclic) bond motifs is 1. The molecule has 0 saturated carbocycles. The van der Waals surface area contributed by atoms with Crippen LogP contribution in [0.25, 0.3) is 5.57 Å². The monoisotopic (exact) mass is 317 g/mol. The van der Waals surface area contributed by atoms with Crippen molar-refractivity contribution in [3.8, 4) is 0 Å². The van der Waals surface area contributed by atoms with Crippen LogP contribution in [0, 0.1) is 18.8 Å². The average Bonchev–Trinajstić information content (AvgIpc) is 2.87. The molecule has 0 spiro atoms. The second kappa shape index (κ2) is 5.75. The number of allylic oxidation sites excluding steroid dienone is 2. The SMILES string of the molecule is Cc1ccc(N2C(=O)C3CC=C(c4ccccc4)CC3C2=O)cc1. The number of amides is 2. The first-order valence-corrected chi connectivity index (χ1v) is 8.34. The van der Waals surface area contributed by atoms with Gasteiger partial charge in [0.1, 0.15) is 0 Å². The Bertz CT molecular complexity index is 821. The van der Waals surface area contributed by atoms with Crippen LogP contribution in [-0.4, -0.2) is 11.8 Å². The first-order valence-electron chi connectivity index (χ1n) is 8.34. The van der Waals surface area contributed by atoms with E-state index in [-0.39, 0.29) is 23.7 Å². The third-order valence-electron chi connectivity index (χ3n) is 5.06. The molecule has 1 aliphatic carbocycles. The van der Waals surface area contributed by atoms with Gasteiger partial charge in [-0.05, 0) is 43.0 Å². The molecule has 2 aromatic rings. The molecular formula is C21H19NO2. The Labute approximate surface area is 141 Å². The molecule has 3 heteroatoms. The smallest absolute Gasteiger partial charge is 0.238 e. The summed E-state index contributed by atoms with van der Waals surface area (Å²) in [4.78, 5) is 27.0. The van der Waals surface area contributed by atoms with E-state index in [1.807, 2.05) is 49.4 Å². The quantitative estimate of drug-likeness (QED) is 0.786. The Hall–Kier alpha value is -2.68. The molecule has 2 atom stereocenters. The molecule has 2 amide bonds. The molecule has 0 bridgehead atoms. The van der Waals surface area contributed by atoms with Crippen molar-refractivity contribution in [1.29, 1.82) is 0 Å². The van der Waals surface area contributed by atoms with E-state index in [9.17, 15) is 9.59 Å². The van der Waals surface area contributed by atoms with E-state index in [1.54, 1.807) is 0 Å². The number of nitrogens with zero attached hydrogens (tertiary/aromatic N) is 1. The zero-order valence-corrected chi connectivity index (χ0v) is 13.6. The van der Waals surface area contributed by atoms with Crippen molar-refractivity contribution in [2.45, 2.75) is 19.8 Å². The fraction of sp³-hybridized carbons (Fsp3) is 0.238. The molecule has 1 saturated heterocycles. The molecule has 2 aromatic carbocycles. The lowest BCUT2D eigenvalue weighted by Crippen LogP contribution is -2.30. The van der Waals surface area contributed by atoms with Crippen molar-refractivity contribution in [3.63, 3.8) is 0 Å². The molecule has 2 unspecified atom stereocenters. The minimum absolute atomic E-state index is 0.0581. The molecule has 2 aliphatic rings. The predicted octanol–water partition coefficient (Wildman–Crippen LogP) is 3.98. The van der Waals surface area contributed by atoms with Gasteiger partial charge in [-0.15, -0.1) is 0 Å². The van der Waals surface area contributed by atoms with E-state index in [1.165, 1.54) is 10.5 Å². The van der Waals surface area contributed by atoms with Crippen LogP contribution < -0.4 is 4.90 Å². The van der Waals surface area contributed by atoms with Gasteiger partial charge in [0.05, 0.1) is 17.5 Å². The van der Waals surface area contributed by atoms with Gasteiger partial charge < -0.3 is 0 Å². The molecule has 1 heterocycles. The van der Waals surface area contributed by atoms with Crippen LogP contribution in [-0.2, 0) is 9.59 Å². The van der Waals surface area contributed by atoms with Gasteiger partial charge in [0, 0.05) is 0 Å². The lowest BCUT2D eigenvalue weighted by Gasteiger charge is -2.21. The second-order valence-corrected chi connectivity index (χ2v) is 6.60. The number of rotatable bonds is 2. The number of carbonyl (C=O) groups excluding carboxylic acids is 2. The summed E-state index contributed by atoms with van der Waals surface area (Å²) in [5, 5.41) is 0. The number of hydrogen-bond donors (Lipinski definition) is 0. The van der Waals surface area contributed by atoms with Gasteiger partial charge in [0.15, 0.2) is 0 Å². The first kappa shape index (κ1) is 14.9. The van der Waals surface area contributed by atoms with Crippen molar-refractivity contribution < 1.29 is 9.59 Å². The Kier molecular flexibility index (Phi) is 3.57. The minimum Gasteiger partial charge on any atom is -0.274 e. The fourth-order valence-electron chi connectivity index (χ4n) is 3.70. The van der Waals surface area contributed by atoms with Gasteiger partial charge in [-0.3, -0.25) is 14.5 Å². The van der Waals surface area contributed by atoms with E-state index in [2.05, 4.69) is 18.2 Å². The standard InChI is InChI=1S/C21H19NO2/c1-14-7-10-17(11-8-14)22-20(23)18-12-9-16(13-19(18)21(22)24)15-5-3-2-4-6-15/h2-11,18-19H,12-13H2,1H3. The number of imide groups is 1. The maximum Gasteiger partial charge on any atom is 0.238 e. The fourth-order valence-corrected chi connectivity index (χ4v) is 3.70. The lowest BCUT2D eigenvalue weighted by molar-refractivity contribution is -0.122. The summed E-state index contributed by atoms with van der Waals surface area (Å²) in [7, 11) is 0. The molecule has 3 nitrogen and oxygen atoms in total. The summed E-state index contributed by atoms with van der Waals surface area (Å²) in [6.07, 6.45) is 3.41. The van der Waals surface area contributed by atoms with E-state index in [0.29, 0.717) is 18.5 Å². The van der Waals surface area contributed by atoms with Gasteiger partial charge in [-0.1, -0.05) is 54.1 Å². The Morgan fingerprint density at radius 2 is 1.54 bits per heavy atom. The highest BCUT2D eigenvalue weighted by Gasteiger charge is 2.49. The van der Waals surface area contributed by atoms with Crippen molar-refractivity contribution >= 4 is 23.1 Å². The summed E-state index contributed by atoms with van der Waals surface area (Å²) in [6, 6.07) is 17.7. The topological polar surface area (TPSA) is 37.4 Å². The van der Waals surface area contributed by atoms with E-state index < -0.39 is 0 Å². The Balaban J connectivity index is 1.63. The highest BCUT2D eigenvalue weighted by atomic mass is 16.2. The van der Waals surface area contributed by atoms with Crippen LogP contribution in [0.3, 0.4) is 0 Å². The van der Waals surface area contributed by atoms with Crippen LogP contribution in [0.2, 0.25) is 0 Å². The van der Waals surface area contributed by atoms with Crippen molar-refractivity contribution in [3.05, 3.63) is 71.8 Å². The van der Waals surface area contributed by atoms with Crippen molar-refractivity contribution in [2.75, 3.05) is 4.90 Å². The third-order valence-corrected chi connectivity index (χ3v) is 5.06. The summed E-state index contributed by atoms with van der Waals surface area (Å²) in [6.45, 7) is 1.99. The number of aryl methyl sites for hydroxylation is 1. The maximum atomic E-state index is 12.9. The largest absolute Gasteiger partial charge is 0.274 e. The number of benzene rings is 2. The van der Waals surface area contributed by atoms with Crippen LogP contribution in [0.15, 0.2) is 60.7 Å². The molecule has 0 aromatic heterocycles. The molecule has 1 fully saturated rings. The van der Waals surface area contributed by atoms with Crippen molar-refractivity contribution in [1.82, 2.24) is 0 Å². The molecule has 0 N–H and O–H groups in total. The molecule has 4 rings (SSSR count). The average molecular weight is 317 g/mol. The van der Waals surface area contributed by atoms with E-state index in [0.717, 1.165) is 11.1 Å². The molecule has 1 aliphatic heterocycles. The predicted molar refractivity (Wildman–Crippen MR) is 94.3 cm³/mol. The van der Waals surface area contributed by atoms with Gasteiger partial charge in [0.2, 0.25) is 11.8 Å². The summed E-state index contributed by atoms with van der Waals surface area (Å²) < 4.78 is 0. The summed E-state index contributed by atoms with van der Waals surface area (Å²) >= 11 is 0. The summed E-state index contributed by atoms with van der Waals surface area (Å²) in [5.41, 5.74) is 4.11. The molecule has 120 valence electrons. The zero-order chi connectivity index (χ0) is 16.7. The van der Waals surface area contributed by atoms with E-state index >= 15 is 0 Å². The zero-order valence-electron chi connectivity index (χ0n) is 13.6. The van der Waals surface area contributed by atoms with Crippen LogP contribution in [0.1, 0.15) is 24.0 Å². The number of anilines is 1. The van der Waals surface area contributed by atoms with Gasteiger partial charge in [-0.2, -0.15) is 0 Å². The Morgan fingerprint density at radius 3 is 2.25 bits per heavy atom. The van der Waals surface area contributed by atoms with E-state index in [4.69, 9.17) is 0 Å². The van der Waals surface area contributed by atoms with Gasteiger partial charge in [-0.25, -0.2) is 0 Å². The van der Waals surface area contributed by atoms with Crippen LogP contribution in [0.4, 0.5) is 5.69 Å². The first-order chi connectivity index (χ1) is 11.6. The highest BCUT2D eigenvalue weighted by molar-refractivity contribution is 6.22. The van der Waals surface area contributed by atoms with Gasteiger partial charge in [0.25, 0.3) is 0 Å². The number of hydrogen-bond acceptors (Lipinski definition) is 2. The maximum absolute atomic E-state index is 12.9. The normalized spacial score (nSPS) is 23.2. The van der Waals surface area contributed by atoms with Crippen LogP contribution >= 0.6 is 0 Å². The summed E-state index contributed by atoms with van der Waals surface area (Å²) in [5.74, 6) is -0.571. The lowest BCUT2D eigenvalue weighted by atomic mass is 9.79. The molecule has 24 heavy (non-hydrogen) atoms. The van der Waals surface area contributed by atoms with Crippen LogP contribution in [0.5, 0.6) is 0 Å². The second-order valence-electron chi connectivity index (χ2n) is 6.60. The van der Waals surface area contributed by atoms with Crippen molar-refractivity contribution in [2.24, 2.45) is 11.8 Å². The number of carbonyl (C=O) groups is 2. The van der Waals surface area contributed by atoms with Gasteiger partial charge >= 0.3 is 0 Å². The Morgan fingerprint density at radius 1 is 0.875 bits per heavy atom.